The molecular formula is C45H25N5. The summed E-state index contributed by atoms with van der Waals surface area (Å²) in [7, 11) is 0. The lowest BCUT2D eigenvalue weighted by Gasteiger charge is -2.18. The third kappa shape index (κ3) is 4.31. The van der Waals surface area contributed by atoms with E-state index >= 15 is 0 Å². The fourth-order valence-corrected chi connectivity index (χ4v) is 7.48. The molecular weight excluding hydrogens is 611 g/mol. The minimum absolute atomic E-state index is 0.551. The maximum absolute atomic E-state index is 10.2. The number of nitrogens with zero attached hydrogens (tertiary/aromatic N) is 5. The topological polar surface area (TPSA) is 81.2 Å². The standard InChI is InChI=1S/C45H25N5/c46-26-29-19-21-34(35-12-1-4-16-41(35)50-42-17-5-2-13-36(42)37-14-3-6-18-43(37)50)39(23-29)31-9-7-11-33(25-31)49-44-22-20-30(27-47)24-40(44)38-15-8-10-32(28-48)45(38)49/h1-25H. The predicted octanol–water partition coefficient (Wildman–Crippen LogP) is 10.8. The van der Waals surface area contributed by atoms with Crippen molar-refractivity contribution in [3.8, 4) is 51.8 Å². The van der Waals surface area contributed by atoms with E-state index in [1.807, 2.05) is 66.7 Å². The molecule has 2 aromatic heterocycles. The highest BCUT2D eigenvalue weighted by Crippen LogP contribution is 2.41. The van der Waals surface area contributed by atoms with Crippen LogP contribution in [-0.2, 0) is 0 Å². The molecule has 0 saturated carbocycles. The molecule has 0 N–H and O–H groups in total. The van der Waals surface area contributed by atoms with Gasteiger partial charge in [0.2, 0.25) is 0 Å². The Morgan fingerprint density at radius 1 is 0.400 bits per heavy atom. The van der Waals surface area contributed by atoms with Gasteiger partial charge in [0, 0.05) is 32.8 Å². The van der Waals surface area contributed by atoms with Gasteiger partial charge in [-0.1, -0.05) is 84.9 Å². The average Bonchev–Trinajstić information content (AvgIpc) is 3.70. The van der Waals surface area contributed by atoms with Gasteiger partial charge < -0.3 is 9.13 Å². The summed E-state index contributed by atoms with van der Waals surface area (Å²) >= 11 is 0. The number of para-hydroxylation sites is 4. The quantitative estimate of drug-likeness (QED) is 0.193. The fraction of sp³-hybridized carbons (Fsp3) is 0. The molecule has 0 unspecified atom stereocenters. The average molecular weight is 636 g/mol. The Kier molecular flexibility index (Phi) is 6.56. The second kappa shape index (κ2) is 11.4. The van der Waals surface area contributed by atoms with Crippen LogP contribution in [0.5, 0.6) is 0 Å². The highest BCUT2D eigenvalue weighted by atomic mass is 15.0. The second-order valence-corrected chi connectivity index (χ2v) is 12.3. The number of benzene rings is 7. The number of fused-ring (bicyclic) bond motifs is 6. The Balaban J connectivity index is 1.30. The number of rotatable bonds is 4. The summed E-state index contributed by atoms with van der Waals surface area (Å²) in [6, 6.07) is 57.9. The number of nitriles is 3. The van der Waals surface area contributed by atoms with Gasteiger partial charge >= 0.3 is 0 Å². The monoisotopic (exact) mass is 635 g/mol. The molecule has 2 heterocycles. The van der Waals surface area contributed by atoms with Crippen LogP contribution >= 0.6 is 0 Å². The van der Waals surface area contributed by atoms with Gasteiger partial charge in [-0.05, 0) is 83.4 Å². The fourth-order valence-electron chi connectivity index (χ4n) is 7.48. The molecule has 5 nitrogen and oxygen atoms in total. The van der Waals surface area contributed by atoms with Crippen LogP contribution < -0.4 is 0 Å². The van der Waals surface area contributed by atoms with Gasteiger partial charge in [-0.15, -0.1) is 0 Å². The number of hydrogen-bond donors (Lipinski definition) is 0. The molecule has 0 aliphatic heterocycles. The van der Waals surface area contributed by atoms with Gasteiger partial charge in [-0.25, -0.2) is 0 Å². The summed E-state index contributed by atoms with van der Waals surface area (Å²) in [4.78, 5) is 0. The number of hydrogen-bond acceptors (Lipinski definition) is 3. The van der Waals surface area contributed by atoms with E-state index in [-0.39, 0.29) is 0 Å². The number of aromatic nitrogens is 2. The Labute approximate surface area is 287 Å². The van der Waals surface area contributed by atoms with E-state index in [0.717, 1.165) is 66.5 Å². The summed E-state index contributed by atoms with van der Waals surface area (Å²) in [6.07, 6.45) is 0. The van der Waals surface area contributed by atoms with Crippen LogP contribution in [0.4, 0.5) is 0 Å². The molecule has 50 heavy (non-hydrogen) atoms. The molecule has 0 atom stereocenters. The zero-order valence-corrected chi connectivity index (χ0v) is 26.7. The van der Waals surface area contributed by atoms with Crippen molar-refractivity contribution in [3.05, 3.63) is 168 Å². The van der Waals surface area contributed by atoms with Gasteiger partial charge in [0.1, 0.15) is 6.07 Å². The van der Waals surface area contributed by atoms with Gasteiger partial charge in [-0.2, -0.15) is 15.8 Å². The van der Waals surface area contributed by atoms with Crippen molar-refractivity contribution >= 4 is 43.6 Å². The molecule has 0 aliphatic rings. The van der Waals surface area contributed by atoms with Crippen LogP contribution in [0.2, 0.25) is 0 Å². The molecule has 0 saturated heterocycles. The molecule has 0 amide bonds. The Morgan fingerprint density at radius 3 is 1.80 bits per heavy atom. The molecule has 0 spiro atoms. The van der Waals surface area contributed by atoms with E-state index in [2.05, 4.69) is 112 Å². The molecule has 0 radical (unpaired) electrons. The molecule has 230 valence electrons. The zero-order valence-electron chi connectivity index (χ0n) is 26.7. The van der Waals surface area contributed by atoms with E-state index in [1.165, 1.54) is 10.8 Å². The first-order valence-electron chi connectivity index (χ1n) is 16.3. The van der Waals surface area contributed by atoms with Crippen molar-refractivity contribution in [2.45, 2.75) is 0 Å². The lowest BCUT2D eigenvalue weighted by Crippen LogP contribution is -1.99. The van der Waals surface area contributed by atoms with Crippen LogP contribution in [0.25, 0.3) is 77.2 Å². The molecule has 9 aromatic rings. The highest BCUT2D eigenvalue weighted by molar-refractivity contribution is 6.12. The normalized spacial score (nSPS) is 11.1. The first-order valence-corrected chi connectivity index (χ1v) is 16.3. The van der Waals surface area contributed by atoms with Crippen LogP contribution in [0, 0.1) is 34.0 Å². The van der Waals surface area contributed by atoms with Crippen LogP contribution in [0.15, 0.2) is 152 Å². The van der Waals surface area contributed by atoms with E-state index in [1.54, 1.807) is 0 Å². The van der Waals surface area contributed by atoms with Crippen LogP contribution in [-0.4, -0.2) is 9.13 Å². The SMILES string of the molecule is N#Cc1ccc(-c2ccccc2-n2c3ccccc3c3ccccc32)c(-c2cccc(-n3c4ccc(C#N)cc4c4cccc(C#N)c43)c2)c1. The van der Waals surface area contributed by atoms with E-state index in [4.69, 9.17) is 0 Å². The maximum Gasteiger partial charge on any atom is 0.101 e. The van der Waals surface area contributed by atoms with Gasteiger partial charge in [0.05, 0.1) is 56.6 Å². The molecule has 0 bridgehead atoms. The predicted molar refractivity (Wildman–Crippen MR) is 200 cm³/mol. The lowest BCUT2D eigenvalue weighted by atomic mass is 9.91. The Bertz CT molecular complexity index is 2920. The molecule has 7 aromatic carbocycles. The van der Waals surface area contributed by atoms with Crippen molar-refractivity contribution in [3.63, 3.8) is 0 Å². The largest absolute Gasteiger partial charge is 0.309 e. The van der Waals surface area contributed by atoms with Gasteiger partial charge in [0.25, 0.3) is 0 Å². The third-order valence-electron chi connectivity index (χ3n) is 9.62. The maximum atomic E-state index is 10.2. The van der Waals surface area contributed by atoms with Crippen molar-refractivity contribution in [2.75, 3.05) is 0 Å². The van der Waals surface area contributed by atoms with Crippen molar-refractivity contribution in [1.82, 2.24) is 9.13 Å². The van der Waals surface area contributed by atoms with Crippen LogP contribution in [0.3, 0.4) is 0 Å². The summed E-state index contributed by atoms with van der Waals surface area (Å²) in [5.41, 5.74) is 11.4. The smallest absolute Gasteiger partial charge is 0.101 e. The minimum atomic E-state index is 0.551. The van der Waals surface area contributed by atoms with E-state index in [9.17, 15) is 15.8 Å². The molecule has 0 aliphatic carbocycles. The first kappa shape index (κ1) is 28.8. The summed E-state index contributed by atoms with van der Waals surface area (Å²) in [5.74, 6) is 0. The minimum Gasteiger partial charge on any atom is -0.309 e. The van der Waals surface area contributed by atoms with Crippen molar-refractivity contribution in [2.24, 2.45) is 0 Å². The Hall–Kier alpha value is -7.39. The summed E-state index contributed by atoms with van der Waals surface area (Å²) in [6.45, 7) is 0. The van der Waals surface area contributed by atoms with Crippen molar-refractivity contribution in [1.29, 1.82) is 15.8 Å². The lowest BCUT2D eigenvalue weighted by molar-refractivity contribution is 1.17. The van der Waals surface area contributed by atoms with Gasteiger partial charge in [0.15, 0.2) is 0 Å². The van der Waals surface area contributed by atoms with E-state index in [0.29, 0.717) is 16.7 Å². The third-order valence-corrected chi connectivity index (χ3v) is 9.62. The molecule has 9 rings (SSSR count). The zero-order chi connectivity index (χ0) is 33.8. The van der Waals surface area contributed by atoms with Crippen molar-refractivity contribution < 1.29 is 0 Å². The highest BCUT2D eigenvalue weighted by Gasteiger charge is 2.20. The molecule has 0 fully saturated rings. The Morgan fingerprint density at radius 2 is 1.04 bits per heavy atom. The second-order valence-electron chi connectivity index (χ2n) is 12.3. The summed E-state index contributed by atoms with van der Waals surface area (Å²) < 4.78 is 4.43. The van der Waals surface area contributed by atoms with Crippen LogP contribution in [0.1, 0.15) is 16.7 Å². The first-order chi connectivity index (χ1) is 24.7. The molecule has 5 heteroatoms. The van der Waals surface area contributed by atoms with E-state index < -0.39 is 0 Å². The van der Waals surface area contributed by atoms with Gasteiger partial charge in [-0.3, -0.25) is 0 Å². The summed E-state index contributed by atoms with van der Waals surface area (Å²) in [5, 5.41) is 34.1.